The van der Waals surface area contributed by atoms with E-state index in [1.807, 2.05) is 41.1 Å². The van der Waals surface area contributed by atoms with Crippen LogP contribution in [0.3, 0.4) is 0 Å². The molecule has 0 atom stereocenters. The Morgan fingerprint density at radius 2 is 1.49 bits per heavy atom. The van der Waals surface area contributed by atoms with Crippen LogP contribution in [0.1, 0.15) is 50.2 Å². The summed E-state index contributed by atoms with van der Waals surface area (Å²) in [6.07, 6.45) is 12.8. The van der Waals surface area contributed by atoms with Crippen LogP contribution in [0.15, 0.2) is 98.6 Å². The standard InChI is InChI=1S/C23H25N7.C7H14.C2H4/c1-3-7-19(8-4-1)16-24-11-12-26-21-15-22(30-14-13-25-18-30)29-23(28-21)27-17-20-9-5-2-6-10-20;1-7-5-3-2-4-6-7;1-2/h1-10,13-15,18,24H,11-12,16-17H2,(H2,26,27,28,29);7H,2-6H2,1H3;1-2H2. The molecule has 1 saturated carbocycles. The predicted octanol–water partition coefficient (Wildman–Crippen LogP) is 6.86. The third-order valence-corrected chi connectivity index (χ3v) is 6.45. The molecule has 7 heteroatoms. The van der Waals surface area contributed by atoms with E-state index in [1.165, 1.54) is 43.2 Å². The number of nitrogens with zero attached hydrogens (tertiary/aromatic N) is 4. The van der Waals surface area contributed by atoms with E-state index in [4.69, 9.17) is 0 Å². The second kappa shape index (κ2) is 17.5. The fourth-order valence-electron chi connectivity index (χ4n) is 4.32. The van der Waals surface area contributed by atoms with Crippen molar-refractivity contribution in [3.8, 4) is 5.82 Å². The van der Waals surface area contributed by atoms with Gasteiger partial charge in [-0.3, -0.25) is 4.57 Å². The zero-order valence-electron chi connectivity index (χ0n) is 23.2. The second-order valence-corrected chi connectivity index (χ2v) is 9.58. The summed E-state index contributed by atoms with van der Waals surface area (Å²) >= 11 is 0. The molecular weight excluding hydrogens is 482 g/mol. The Balaban J connectivity index is 0.000000401. The summed E-state index contributed by atoms with van der Waals surface area (Å²) in [6.45, 7) is 11.4. The van der Waals surface area contributed by atoms with Crippen LogP contribution in [0, 0.1) is 5.92 Å². The number of rotatable bonds is 10. The minimum Gasteiger partial charge on any atom is -0.369 e. The summed E-state index contributed by atoms with van der Waals surface area (Å²) in [5.74, 6) is 3.14. The number of aromatic nitrogens is 4. The predicted molar refractivity (Wildman–Crippen MR) is 163 cm³/mol. The van der Waals surface area contributed by atoms with Crippen LogP contribution >= 0.6 is 0 Å². The van der Waals surface area contributed by atoms with E-state index in [2.05, 4.69) is 87.4 Å². The second-order valence-electron chi connectivity index (χ2n) is 9.58. The summed E-state index contributed by atoms with van der Waals surface area (Å²) in [4.78, 5) is 13.4. The highest BCUT2D eigenvalue weighted by Gasteiger charge is 2.07. The lowest BCUT2D eigenvalue weighted by atomic mass is 9.91. The minimum absolute atomic E-state index is 0.574. The molecule has 1 aliphatic rings. The molecule has 0 saturated heterocycles. The summed E-state index contributed by atoms with van der Waals surface area (Å²) in [7, 11) is 0. The van der Waals surface area contributed by atoms with E-state index >= 15 is 0 Å². The molecule has 1 fully saturated rings. The van der Waals surface area contributed by atoms with Gasteiger partial charge in [0.15, 0.2) is 0 Å². The van der Waals surface area contributed by atoms with Crippen LogP contribution in [0.25, 0.3) is 5.82 Å². The highest BCUT2D eigenvalue weighted by atomic mass is 15.2. The maximum atomic E-state index is 4.62. The molecule has 0 spiro atoms. The smallest absolute Gasteiger partial charge is 0.226 e. The Morgan fingerprint density at radius 1 is 0.821 bits per heavy atom. The van der Waals surface area contributed by atoms with Gasteiger partial charge in [-0.1, -0.05) is 99.7 Å². The normalized spacial score (nSPS) is 12.8. The Labute approximate surface area is 233 Å². The SMILES string of the molecule is C=C.CC1CCCCC1.c1ccc(CNCCNc2cc(-n3ccnc3)nc(NCc3ccccc3)n2)cc1. The molecule has 5 rings (SSSR count). The van der Waals surface area contributed by atoms with Crippen molar-refractivity contribution in [3.05, 3.63) is 110 Å². The van der Waals surface area contributed by atoms with Gasteiger partial charge in [0.1, 0.15) is 18.0 Å². The highest BCUT2D eigenvalue weighted by molar-refractivity contribution is 5.47. The molecule has 0 aliphatic heterocycles. The fourth-order valence-corrected chi connectivity index (χ4v) is 4.32. The zero-order chi connectivity index (χ0) is 27.5. The van der Waals surface area contributed by atoms with Crippen molar-refractivity contribution in [2.24, 2.45) is 5.92 Å². The number of anilines is 2. The van der Waals surface area contributed by atoms with Crippen molar-refractivity contribution < 1.29 is 0 Å². The molecule has 4 aromatic rings. The number of imidazole rings is 1. The van der Waals surface area contributed by atoms with Crippen molar-refractivity contribution in [1.82, 2.24) is 24.8 Å². The Bertz CT molecular complexity index is 1160. The summed E-state index contributed by atoms with van der Waals surface area (Å²) in [5.41, 5.74) is 2.45. The molecule has 7 nitrogen and oxygen atoms in total. The van der Waals surface area contributed by atoms with Crippen LogP contribution < -0.4 is 16.0 Å². The van der Waals surface area contributed by atoms with Gasteiger partial charge in [-0.2, -0.15) is 9.97 Å². The molecule has 0 unspecified atom stereocenters. The first-order valence-electron chi connectivity index (χ1n) is 13.9. The number of hydrogen-bond acceptors (Lipinski definition) is 6. The lowest BCUT2D eigenvalue weighted by Crippen LogP contribution is -2.22. The topological polar surface area (TPSA) is 79.7 Å². The third kappa shape index (κ3) is 11.1. The van der Waals surface area contributed by atoms with Gasteiger partial charge in [-0.15, -0.1) is 13.2 Å². The van der Waals surface area contributed by atoms with E-state index in [9.17, 15) is 0 Å². The van der Waals surface area contributed by atoms with Gasteiger partial charge in [-0.05, 0) is 17.0 Å². The van der Waals surface area contributed by atoms with Crippen molar-refractivity contribution >= 4 is 11.8 Å². The Kier molecular flexibility index (Phi) is 13.3. The van der Waals surface area contributed by atoms with Gasteiger partial charge in [0.05, 0.1) is 0 Å². The number of benzene rings is 2. The summed E-state index contributed by atoms with van der Waals surface area (Å²) < 4.78 is 1.87. The van der Waals surface area contributed by atoms with Gasteiger partial charge in [0.25, 0.3) is 0 Å². The molecule has 2 aromatic carbocycles. The lowest BCUT2D eigenvalue weighted by Gasteiger charge is -2.15. The maximum absolute atomic E-state index is 4.62. The molecule has 0 amide bonds. The van der Waals surface area contributed by atoms with E-state index in [-0.39, 0.29) is 0 Å². The summed E-state index contributed by atoms with van der Waals surface area (Å²) in [5, 5.41) is 10.1. The molecule has 0 bridgehead atoms. The number of hydrogen-bond donors (Lipinski definition) is 3. The van der Waals surface area contributed by atoms with Crippen LogP contribution in [0.5, 0.6) is 0 Å². The van der Waals surface area contributed by atoms with Gasteiger partial charge in [0.2, 0.25) is 5.95 Å². The van der Waals surface area contributed by atoms with Crippen molar-refractivity contribution in [3.63, 3.8) is 0 Å². The first-order chi connectivity index (χ1) is 19.3. The van der Waals surface area contributed by atoms with Gasteiger partial charge < -0.3 is 16.0 Å². The largest absolute Gasteiger partial charge is 0.369 e. The van der Waals surface area contributed by atoms with Gasteiger partial charge in [0, 0.05) is 44.6 Å². The van der Waals surface area contributed by atoms with Crippen molar-refractivity contribution in [2.75, 3.05) is 23.7 Å². The maximum Gasteiger partial charge on any atom is 0.226 e. The molecule has 2 heterocycles. The van der Waals surface area contributed by atoms with Crippen LogP contribution in [0.2, 0.25) is 0 Å². The monoisotopic (exact) mass is 525 g/mol. The molecule has 0 radical (unpaired) electrons. The van der Waals surface area contributed by atoms with Crippen molar-refractivity contribution in [2.45, 2.75) is 52.1 Å². The lowest BCUT2D eigenvalue weighted by molar-refractivity contribution is 0.385. The van der Waals surface area contributed by atoms with Crippen molar-refractivity contribution in [1.29, 1.82) is 0 Å². The van der Waals surface area contributed by atoms with Gasteiger partial charge in [-0.25, -0.2) is 4.98 Å². The Hall–Kier alpha value is -3.97. The van der Waals surface area contributed by atoms with Crippen LogP contribution in [-0.2, 0) is 13.1 Å². The third-order valence-electron chi connectivity index (χ3n) is 6.45. The van der Waals surface area contributed by atoms with Crippen LogP contribution in [-0.4, -0.2) is 32.6 Å². The fraction of sp³-hybridized carbons (Fsp3) is 0.344. The average Bonchev–Trinajstić information content (AvgIpc) is 3.54. The highest BCUT2D eigenvalue weighted by Crippen LogP contribution is 2.22. The van der Waals surface area contributed by atoms with E-state index < -0.39 is 0 Å². The van der Waals surface area contributed by atoms with Gasteiger partial charge >= 0.3 is 0 Å². The molecule has 39 heavy (non-hydrogen) atoms. The Morgan fingerprint density at radius 3 is 2.08 bits per heavy atom. The zero-order valence-corrected chi connectivity index (χ0v) is 23.2. The molecule has 3 N–H and O–H groups in total. The van der Waals surface area contributed by atoms with E-state index in [1.54, 1.807) is 12.5 Å². The quantitative estimate of drug-likeness (QED) is 0.155. The first kappa shape index (κ1) is 29.6. The molecular formula is C32H43N7. The van der Waals surface area contributed by atoms with E-state index in [0.29, 0.717) is 12.5 Å². The number of nitrogens with one attached hydrogen (secondary N) is 3. The average molecular weight is 526 g/mol. The first-order valence-corrected chi connectivity index (χ1v) is 13.9. The summed E-state index contributed by atoms with van der Waals surface area (Å²) in [6, 6.07) is 22.5. The van der Waals surface area contributed by atoms with Crippen LogP contribution in [0.4, 0.5) is 11.8 Å². The molecule has 1 aliphatic carbocycles. The minimum atomic E-state index is 0.574. The molecule has 2 aromatic heterocycles. The van der Waals surface area contributed by atoms with E-state index in [0.717, 1.165) is 37.2 Å². The molecule has 206 valence electrons.